The van der Waals surface area contributed by atoms with Gasteiger partial charge in [0.1, 0.15) is 6.04 Å². The molecule has 1 atom stereocenters. The highest BCUT2D eigenvalue weighted by Gasteiger charge is 2.24. The molecule has 9 nitrogen and oxygen atoms in total. The summed E-state index contributed by atoms with van der Waals surface area (Å²) in [7, 11) is -4.15. The number of carboxylic acid groups (broad SMARTS) is 2. The molecule has 0 heterocycles. The molecular formula is C13H16N2O7S. The van der Waals surface area contributed by atoms with Crippen molar-refractivity contribution in [3.05, 3.63) is 29.8 Å². The van der Waals surface area contributed by atoms with E-state index in [9.17, 15) is 22.8 Å². The number of carboxylic acids is 2. The third-order valence-corrected chi connectivity index (χ3v) is 4.16. The van der Waals surface area contributed by atoms with E-state index in [1.54, 1.807) is 23.8 Å². The molecule has 1 aromatic carbocycles. The van der Waals surface area contributed by atoms with Crippen molar-refractivity contribution in [2.45, 2.75) is 30.7 Å². The largest absolute Gasteiger partial charge is 0.481 e. The van der Waals surface area contributed by atoms with Gasteiger partial charge < -0.3 is 15.5 Å². The highest BCUT2D eigenvalue weighted by Crippen LogP contribution is 2.09. The molecule has 0 bridgehead atoms. The van der Waals surface area contributed by atoms with Crippen LogP contribution in [0.5, 0.6) is 0 Å². The molecule has 0 spiro atoms. The Morgan fingerprint density at radius 1 is 1.13 bits per heavy atom. The standard InChI is InChI=1S/C13H16N2O7S/c1-8-2-4-9(5-3-8)23(21,22)15-13(20)14-10(12(18)19)6-7-11(16)17/h2-5,10H,6-7H2,1H3,(H,16,17)(H,18,19)(H2,14,15,20). The number of rotatable bonds is 7. The molecular weight excluding hydrogens is 328 g/mol. The van der Waals surface area contributed by atoms with E-state index in [2.05, 4.69) is 0 Å². The zero-order valence-electron chi connectivity index (χ0n) is 12.1. The third kappa shape index (κ3) is 5.94. The smallest absolute Gasteiger partial charge is 0.329 e. The zero-order chi connectivity index (χ0) is 17.6. The second-order valence-corrected chi connectivity index (χ2v) is 6.40. The lowest BCUT2D eigenvalue weighted by Gasteiger charge is -2.14. The van der Waals surface area contributed by atoms with Crippen LogP contribution in [0, 0.1) is 6.92 Å². The van der Waals surface area contributed by atoms with E-state index in [0.29, 0.717) is 0 Å². The number of sulfonamides is 1. The Morgan fingerprint density at radius 3 is 2.17 bits per heavy atom. The van der Waals surface area contributed by atoms with Gasteiger partial charge in [-0.05, 0) is 25.5 Å². The number of hydrogen-bond acceptors (Lipinski definition) is 5. The van der Waals surface area contributed by atoms with Gasteiger partial charge in [-0.15, -0.1) is 0 Å². The maximum atomic E-state index is 12.0. The Kier molecular flexibility index (Phi) is 6.08. The van der Waals surface area contributed by atoms with Gasteiger partial charge in [-0.25, -0.2) is 22.7 Å². The van der Waals surface area contributed by atoms with Crippen LogP contribution in [-0.2, 0) is 19.6 Å². The Morgan fingerprint density at radius 2 is 1.70 bits per heavy atom. The fraction of sp³-hybridized carbons (Fsp3) is 0.308. The van der Waals surface area contributed by atoms with E-state index in [1.165, 1.54) is 12.1 Å². The number of aryl methyl sites for hydroxylation is 1. The van der Waals surface area contributed by atoms with Gasteiger partial charge in [-0.1, -0.05) is 17.7 Å². The van der Waals surface area contributed by atoms with Crippen LogP contribution in [0.15, 0.2) is 29.2 Å². The first-order valence-electron chi connectivity index (χ1n) is 6.46. The van der Waals surface area contributed by atoms with Gasteiger partial charge in [-0.3, -0.25) is 4.79 Å². The molecule has 0 aliphatic carbocycles. The molecule has 0 saturated carbocycles. The summed E-state index contributed by atoms with van der Waals surface area (Å²) in [6.45, 7) is 1.76. The van der Waals surface area contributed by atoms with Crippen molar-refractivity contribution >= 4 is 28.0 Å². The van der Waals surface area contributed by atoms with E-state index in [-0.39, 0.29) is 11.3 Å². The van der Waals surface area contributed by atoms with Crippen LogP contribution < -0.4 is 10.0 Å². The molecule has 0 radical (unpaired) electrons. The van der Waals surface area contributed by atoms with Crippen molar-refractivity contribution < 1.29 is 33.0 Å². The number of aliphatic carboxylic acids is 2. The molecule has 1 rings (SSSR count). The maximum Gasteiger partial charge on any atom is 0.329 e. The summed E-state index contributed by atoms with van der Waals surface area (Å²) in [6.07, 6.45) is -0.857. The van der Waals surface area contributed by atoms with Crippen molar-refractivity contribution in [2.75, 3.05) is 0 Å². The fourth-order valence-electron chi connectivity index (χ4n) is 1.61. The second kappa shape index (κ2) is 7.58. The van der Waals surface area contributed by atoms with Crippen LogP contribution >= 0.6 is 0 Å². The molecule has 0 aliphatic heterocycles. The Hall–Kier alpha value is -2.62. The lowest BCUT2D eigenvalue weighted by atomic mass is 10.1. The average molecular weight is 344 g/mol. The molecule has 4 N–H and O–H groups in total. The first kappa shape index (κ1) is 18.4. The lowest BCUT2D eigenvalue weighted by Crippen LogP contribution is -2.47. The minimum absolute atomic E-state index is 0.157. The Labute approximate surface area is 132 Å². The van der Waals surface area contributed by atoms with Gasteiger partial charge in [0.15, 0.2) is 0 Å². The summed E-state index contributed by atoms with van der Waals surface area (Å²) in [5.74, 6) is -2.69. The summed E-state index contributed by atoms with van der Waals surface area (Å²) < 4.78 is 25.6. The van der Waals surface area contributed by atoms with Crippen molar-refractivity contribution in [2.24, 2.45) is 0 Å². The van der Waals surface area contributed by atoms with Crippen LogP contribution in [-0.4, -0.2) is 42.6 Å². The Balaban J connectivity index is 2.75. The number of urea groups is 1. The van der Waals surface area contributed by atoms with Crippen LogP contribution in [0.1, 0.15) is 18.4 Å². The Bertz CT molecular complexity index is 698. The number of carbonyl (C=O) groups is 3. The normalized spacial score (nSPS) is 12.2. The van der Waals surface area contributed by atoms with E-state index in [4.69, 9.17) is 10.2 Å². The molecule has 1 unspecified atom stereocenters. The molecule has 0 aromatic heterocycles. The topological polar surface area (TPSA) is 150 Å². The zero-order valence-corrected chi connectivity index (χ0v) is 13.0. The van der Waals surface area contributed by atoms with Gasteiger partial charge in [0, 0.05) is 6.42 Å². The summed E-state index contributed by atoms with van der Waals surface area (Å²) in [5, 5.41) is 19.3. The summed E-state index contributed by atoms with van der Waals surface area (Å²) in [4.78, 5) is 32.9. The first-order chi connectivity index (χ1) is 10.6. The predicted molar refractivity (Wildman–Crippen MR) is 78.3 cm³/mol. The number of hydrogen-bond donors (Lipinski definition) is 4. The van der Waals surface area contributed by atoms with Gasteiger partial charge >= 0.3 is 18.0 Å². The van der Waals surface area contributed by atoms with Crippen molar-refractivity contribution in [1.82, 2.24) is 10.0 Å². The van der Waals surface area contributed by atoms with Crippen LogP contribution in [0.4, 0.5) is 4.79 Å². The molecule has 10 heteroatoms. The van der Waals surface area contributed by atoms with Crippen LogP contribution in [0.3, 0.4) is 0 Å². The average Bonchev–Trinajstić information content (AvgIpc) is 2.42. The lowest BCUT2D eigenvalue weighted by molar-refractivity contribution is -0.140. The second-order valence-electron chi connectivity index (χ2n) is 4.72. The van der Waals surface area contributed by atoms with Crippen molar-refractivity contribution in [3.63, 3.8) is 0 Å². The quantitative estimate of drug-likeness (QED) is 0.555. The van der Waals surface area contributed by atoms with Crippen LogP contribution in [0.2, 0.25) is 0 Å². The van der Waals surface area contributed by atoms with Gasteiger partial charge in [0.05, 0.1) is 4.90 Å². The van der Waals surface area contributed by atoms with E-state index >= 15 is 0 Å². The number of nitrogens with one attached hydrogen (secondary N) is 2. The monoisotopic (exact) mass is 344 g/mol. The molecule has 1 aromatic rings. The number of benzene rings is 1. The SMILES string of the molecule is Cc1ccc(S(=O)(=O)NC(=O)NC(CCC(=O)O)C(=O)O)cc1. The molecule has 126 valence electrons. The van der Waals surface area contributed by atoms with E-state index in [0.717, 1.165) is 5.56 Å². The summed E-state index contributed by atoms with van der Waals surface area (Å²) in [5.41, 5.74) is 0.827. The molecule has 23 heavy (non-hydrogen) atoms. The molecule has 2 amide bonds. The van der Waals surface area contributed by atoms with Gasteiger partial charge in [0.25, 0.3) is 10.0 Å². The molecule has 0 fully saturated rings. The minimum Gasteiger partial charge on any atom is -0.481 e. The van der Waals surface area contributed by atoms with Gasteiger partial charge in [0.2, 0.25) is 0 Å². The number of carbonyl (C=O) groups excluding carboxylic acids is 1. The van der Waals surface area contributed by atoms with Crippen molar-refractivity contribution in [3.8, 4) is 0 Å². The van der Waals surface area contributed by atoms with Crippen molar-refractivity contribution in [1.29, 1.82) is 0 Å². The highest BCUT2D eigenvalue weighted by atomic mass is 32.2. The van der Waals surface area contributed by atoms with E-state index in [1.807, 2.05) is 5.32 Å². The summed E-state index contributed by atoms with van der Waals surface area (Å²) >= 11 is 0. The van der Waals surface area contributed by atoms with Crippen LogP contribution in [0.25, 0.3) is 0 Å². The fourth-order valence-corrected chi connectivity index (χ4v) is 2.53. The number of amides is 2. The predicted octanol–water partition coefficient (Wildman–Crippen LogP) is 0.301. The molecule has 0 aliphatic rings. The van der Waals surface area contributed by atoms with E-state index < -0.39 is 40.5 Å². The summed E-state index contributed by atoms with van der Waals surface area (Å²) in [6, 6.07) is 2.91. The molecule has 0 saturated heterocycles. The minimum atomic E-state index is -4.15. The third-order valence-electron chi connectivity index (χ3n) is 2.81. The highest BCUT2D eigenvalue weighted by molar-refractivity contribution is 7.90. The van der Waals surface area contributed by atoms with Gasteiger partial charge in [-0.2, -0.15) is 0 Å². The maximum absolute atomic E-state index is 12.0. The first-order valence-corrected chi connectivity index (χ1v) is 7.94.